The average molecular weight is 310 g/mol. The van der Waals surface area contributed by atoms with Crippen LogP contribution in [0.2, 0.25) is 5.02 Å². The van der Waals surface area contributed by atoms with Crippen LogP contribution >= 0.6 is 11.6 Å². The molecule has 1 heterocycles. The second-order valence-electron chi connectivity index (χ2n) is 6.57. The van der Waals surface area contributed by atoms with Gasteiger partial charge in [0.25, 0.3) is 0 Å². The van der Waals surface area contributed by atoms with Crippen LogP contribution in [0.4, 0.5) is 5.69 Å². The number of aryl methyl sites for hydroxylation is 2. The Morgan fingerprint density at radius 2 is 2.00 bits per heavy atom. The summed E-state index contributed by atoms with van der Waals surface area (Å²) < 4.78 is 0. The highest BCUT2D eigenvalue weighted by molar-refractivity contribution is 6.30. The van der Waals surface area contributed by atoms with Gasteiger partial charge in [-0.05, 0) is 66.6 Å². The Bertz CT molecular complexity index is 762. The number of halogens is 1. The van der Waals surface area contributed by atoms with E-state index in [1.54, 1.807) is 0 Å². The third-order valence-corrected chi connectivity index (χ3v) is 5.26. The molecule has 0 saturated heterocycles. The monoisotopic (exact) mass is 309 g/mol. The molecule has 1 N–H and O–H groups in total. The summed E-state index contributed by atoms with van der Waals surface area (Å²) in [6.45, 7) is 4.40. The average Bonchev–Trinajstić information content (AvgIpc) is 2.94. The minimum atomic E-state index is 0.326. The Morgan fingerprint density at radius 1 is 1.14 bits per heavy atom. The molecular formula is C20H20ClN. The molecule has 1 aliphatic heterocycles. The number of fused-ring (bicyclic) bond motifs is 3. The molecule has 0 saturated carbocycles. The second kappa shape index (κ2) is 5.17. The maximum atomic E-state index is 6.21. The molecule has 0 aromatic heterocycles. The Kier molecular flexibility index (Phi) is 3.27. The minimum absolute atomic E-state index is 0.326. The van der Waals surface area contributed by atoms with Crippen molar-refractivity contribution in [3.05, 3.63) is 75.8 Å². The fraction of sp³-hybridized carbons (Fsp3) is 0.300. The molecule has 3 unspecified atom stereocenters. The molecule has 3 atom stereocenters. The molecule has 2 aromatic rings. The van der Waals surface area contributed by atoms with Gasteiger partial charge in [0.1, 0.15) is 0 Å². The summed E-state index contributed by atoms with van der Waals surface area (Å²) in [5, 5.41) is 4.61. The van der Waals surface area contributed by atoms with Crippen LogP contribution in [-0.4, -0.2) is 0 Å². The maximum Gasteiger partial charge on any atom is 0.0554 e. The van der Waals surface area contributed by atoms with Gasteiger partial charge in [-0.2, -0.15) is 0 Å². The molecule has 2 aliphatic rings. The lowest BCUT2D eigenvalue weighted by Gasteiger charge is -2.38. The van der Waals surface area contributed by atoms with Gasteiger partial charge in [0.15, 0.2) is 0 Å². The molecule has 0 bridgehead atoms. The van der Waals surface area contributed by atoms with Gasteiger partial charge in [0.05, 0.1) is 6.04 Å². The number of hydrogen-bond donors (Lipinski definition) is 1. The Morgan fingerprint density at radius 3 is 2.82 bits per heavy atom. The molecule has 0 radical (unpaired) electrons. The van der Waals surface area contributed by atoms with Crippen LogP contribution in [0.5, 0.6) is 0 Å². The summed E-state index contributed by atoms with van der Waals surface area (Å²) in [6.07, 6.45) is 5.86. The number of hydrogen-bond acceptors (Lipinski definition) is 1. The normalized spacial score (nSPS) is 25.5. The highest BCUT2D eigenvalue weighted by atomic mass is 35.5. The van der Waals surface area contributed by atoms with E-state index in [9.17, 15) is 0 Å². The lowest BCUT2D eigenvalue weighted by molar-refractivity contribution is 0.424. The zero-order valence-electron chi connectivity index (χ0n) is 12.9. The van der Waals surface area contributed by atoms with E-state index < -0.39 is 0 Å². The predicted molar refractivity (Wildman–Crippen MR) is 93.7 cm³/mol. The fourth-order valence-corrected chi connectivity index (χ4v) is 4.37. The minimum Gasteiger partial charge on any atom is -0.378 e. The molecule has 0 fully saturated rings. The molecule has 1 nitrogen and oxygen atoms in total. The molecular weight excluding hydrogens is 290 g/mol. The van der Waals surface area contributed by atoms with Gasteiger partial charge in [-0.15, -0.1) is 0 Å². The molecule has 0 spiro atoms. The zero-order chi connectivity index (χ0) is 15.3. The van der Waals surface area contributed by atoms with Crippen molar-refractivity contribution in [2.75, 3.05) is 5.32 Å². The van der Waals surface area contributed by atoms with Crippen LogP contribution in [0.15, 0.2) is 48.6 Å². The van der Waals surface area contributed by atoms with Gasteiger partial charge in [-0.1, -0.05) is 42.0 Å². The van der Waals surface area contributed by atoms with Crippen LogP contribution in [-0.2, 0) is 0 Å². The third-order valence-electron chi connectivity index (χ3n) is 5.02. The summed E-state index contributed by atoms with van der Waals surface area (Å²) in [4.78, 5) is 0. The largest absolute Gasteiger partial charge is 0.378 e. The van der Waals surface area contributed by atoms with Gasteiger partial charge >= 0.3 is 0 Å². The van der Waals surface area contributed by atoms with Crippen molar-refractivity contribution in [2.24, 2.45) is 5.92 Å². The zero-order valence-corrected chi connectivity index (χ0v) is 13.7. The van der Waals surface area contributed by atoms with E-state index in [1.807, 2.05) is 12.1 Å². The molecule has 4 rings (SSSR count). The number of nitrogens with one attached hydrogen (secondary N) is 1. The van der Waals surface area contributed by atoms with E-state index in [4.69, 9.17) is 11.6 Å². The summed E-state index contributed by atoms with van der Waals surface area (Å²) >= 11 is 6.21. The molecule has 2 heteroatoms. The molecule has 22 heavy (non-hydrogen) atoms. The van der Waals surface area contributed by atoms with E-state index in [0.29, 0.717) is 17.9 Å². The van der Waals surface area contributed by atoms with Gasteiger partial charge in [-0.3, -0.25) is 0 Å². The molecule has 2 aromatic carbocycles. The van der Waals surface area contributed by atoms with E-state index >= 15 is 0 Å². The van der Waals surface area contributed by atoms with Crippen LogP contribution in [0.25, 0.3) is 0 Å². The third kappa shape index (κ3) is 2.16. The van der Waals surface area contributed by atoms with Crippen LogP contribution in [0.3, 0.4) is 0 Å². The van der Waals surface area contributed by atoms with Crippen LogP contribution < -0.4 is 5.32 Å². The maximum absolute atomic E-state index is 6.21. The van der Waals surface area contributed by atoms with Crippen molar-refractivity contribution in [2.45, 2.75) is 32.2 Å². The summed E-state index contributed by atoms with van der Waals surface area (Å²) in [7, 11) is 0. The first-order valence-electron chi connectivity index (χ1n) is 7.93. The lowest BCUT2D eigenvalue weighted by atomic mass is 9.75. The van der Waals surface area contributed by atoms with Crippen LogP contribution in [0, 0.1) is 19.8 Å². The number of benzene rings is 2. The summed E-state index contributed by atoms with van der Waals surface area (Å²) in [5.74, 6) is 1.09. The van der Waals surface area contributed by atoms with Gasteiger partial charge in [0.2, 0.25) is 0 Å². The van der Waals surface area contributed by atoms with Crippen LogP contribution in [0.1, 0.15) is 40.6 Å². The Balaban J connectivity index is 1.84. The van der Waals surface area contributed by atoms with Crippen molar-refractivity contribution in [1.29, 1.82) is 0 Å². The number of allylic oxidation sites excluding steroid dienone is 2. The standard InChI is InChI=1S/C20H20ClN/c1-12-9-13(2)19-16-7-4-8-17(16)20(22-18(19)10-12)14-5-3-6-15(21)11-14/h3-7,9-11,16-17,20,22H,8H2,1-2H3. The van der Waals surface area contributed by atoms with Crippen molar-refractivity contribution < 1.29 is 0 Å². The van der Waals surface area contributed by atoms with Crippen molar-refractivity contribution in [3.63, 3.8) is 0 Å². The smallest absolute Gasteiger partial charge is 0.0554 e. The lowest BCUT2D eigenvalue weighted by Crippen LogP contribution is -2.29. The van der Waals surface area contributed by atoms with Crippen molar-refractivity contribution in [3.8, 4) is 0 Å². The molecule has 112 valence electrons. The Hall–Kier alpha value is -1.73. The SMILES string of the molecule is Cc1cc(C)c2c(c1)NC(c1cccc(Cl)c1)C1CC=CC21. The summed E-state index contributed by atoms with van der Waals surface area (Å²) in [5.41, 5.74) is 6.76. The van der Waals surface area contributed by atoms with Crippen molar-refractivity contribution >= 4 is 17.3 Å². The fourth-order valence-electron chi connectivity index (χ4n) is 4.17. The van der Waals surface area contributed by atoms with Gasteiger partial charge in [0, 0.05) is 16.6 Å². The second-order valence-corrected chi connectivity index (χ2v) is 7.01. The topological polar surface area (TPSA) is 12.0 Å². The molecule has 1 aliphatic carbocycles. The van der Waals surface area contributed by atoms with Gasteiger partial charge < -0.3 is 5.32 Å². The van der Waals surface area contributed by atoms with Gasteiger partial charge in [-0.25, -0.2) is 0 Å². The van der Waals surface area contributed by atoms with E-state index in [-0.39, 0.29) is 0 Å². The number of anilines is 1. The van der Waals surface area contributed by atoms with Crippen molar-refractivity contribution in [1.82, 2.24) is 0 Å². The predicted octanol–water partition coefficient (Wildman–Crippen LogP) is 5.78. The molecule has 0 amide bonds. The van der Waals surface area contributed by atoms with E-state index in [0.717, 1.165) is 11.4 Å². The highest BCUT2D eigenvalue weighted by Crippen LogP contribution is 2.51. The number of rotatable bonds is 1. The highest BCUT2D eigenvalue weighted by Gasteiger charge is 2.38. The first-order valence-corrected chi connectivity index (χ1v) is 8.31. The Labute approximate surface area is 137 Å². The van der Waals surface area contributed by atoms with E-state index in [1.165, 1.54) is 27.9 Å². The first kappa shape index (κ1) is 13.9. The summed E-state index contributed by atoms with van der Waals surface area (Å²) in [6, 6.07) is 13.2. The van der Waals surface area contributed by atoms with E-state index in [2.05, 4.69) is 55.6 Å². The quantitative estimate of drug-likeness (QED) is 0.658. The first-order chi connectivity index (χ1) is 10.6.